The van der Waals surface area contributed by atoms with Crippen LogP contribution >= 0.6 is 11.3 Å². The number of carbonyl (C=O) groups is 1. The number of ether oxygens (including phenoxy) is 2. The number of thiazole rings is 1. The van der Waals surface area contributed by atoms with E-state index in [9.17, 15) is 9.59 Å². The SMILES string of the molecule is COc1ccc(CCC(=O)OCc2cc(=O)n3ccsc3n2)cc1. The molecule has 24 heavy (non-hydrogen) atoms. The van der Waals surface area contributed by atoms with Gasteiger partial charge in [0.2, 0.25) is 0 Å². The lowest BCUT2D eigenvalue weighted by Crippen LogP contribution is -2.14. The first-order chi connectivity index (χ1) is 11.7. The summed E-state index contributed by atoms with van der Waals surface area (Å²) in [5, 5.41) is 1.79. The average Bonchev–Trinajstić information content (AvgIpc) is 3.08. The molecule has 0 amide bonds. The van der Waals surface area contributed by atoms with Gasteiger partial charge in [0, 0.05) is 24.1 Å². The van der Waals surface area contributed by atoms with E-state index < -0.39 is 0 Å². The lowest BCUT2D eigenvalue weighted by molar-refractivity contribution is -0.145. The van der Waals surface area contributed by atoms with Crippen LogP contribution in [0.25, 0.3) is 4.96 Å². The molecule has 0 aliphatic rings. The molecule has 3 aromatic rings. The maximum atomic E-state index is 11.9. The summed E-state index contributed by atoms with van der Waals surface area (Å²) in [5.74, 6) is 0.460. The number of carbonyl (C=O) groups excluding carboxylic acids is 1. The minimum Gasteiger partial charge on any atom is -0.497 e. The zero-order valence-corrected chi connectivity index (χ0v) is 13.9. The molecular formula is C17H16N2O4S. The molecule has 0 bridgehead atoms. The summed E-state index contributed by atoms with van der Waals surface area (Å²) in [4.78, 5) is 28.6. The number of methoxy groups -OCH3 is 1. The van der Waals surface area contributed by atoms with E-state index in [-0.39, 0.29) is 24.6 Å². The molecule has 124 valence electrons. The van der Waals surface area contributed by atoms with Crippen molar-refractivity contribution >= 4 is 22.3 Å². The second kappa shape index (κ2) is 7.27. The van der Waals surface area contributed by atoms with Gasteiger partial charge >= 0.3 is 5.97 Å². The van der Waals surface area contributed by atoms with E-state index in [1.165, 1.54) is 21.8 Å². The topological polar surface area (TPSA) is 69.9 Å². The zero-order chi connectivity index (χ0) is 16.9. The summed E-state index contributed by atoms with van der Waals surface area (Å²) in [6, 6.07) is 8.93. The molecule has 2 heterocycles. The Hall–Kier alpha value is -2.67. The van der Waals surface area contributed by atoms with E-state index in [1.807, 2.05) is 24.3 Å². The van der Waals surface area contributed by atoms with Crippen LogP contribution in [0.15, 0.2) is 46.7 Å². The van der Waals surface area contributed by atoms with Gasteiger partial charge in [0.05, 0.1) is 12.8 Å². The van der Waals surface area contributed by atoms with Crippen molar-refractivity contribution in [1.82, 2.24) is 9.38 Å². The van der Waals surface area contributed by atoms with Crippen LogP contribution < -0.4 is 10.3 Å². The zero-order valence-electron chi connectivity index (χ0n) is 13.1. The lowest BCUT2D eigenvalue weighted by Gasteiger charge is -2.05. The van der Waals surface area contributed by atoms with Crippen molar-refractivity contribution < 1.29 is 14.3 Å². The van der Waals surface area contributed by atoms with E-state index in [0.717, 1.165) is 11.3 Å². The molecule has 2 aromatic heterocycles. The van der Waals surface area contributed by atoms with Crippen molar-refractivity contribution in [1.29, 1.82) is 0 Å². The third-order valence-electron chi connectivity index (χ3n) is 3.51. The average molecular weight is 344 g/mol. The van der Waals surface area contributed by atoms with Gasteiger partial charge in [-0.25, -0.2) is 4.98 Å². The van der Waals surface area contributed by atoms with E-state index in [1.54, 1.807) is 18.7 Å². The smallest absolute Gasteiger partial charge is 0.306 e. The molecule has 0 fully saturated rings. The van der Waals surface area contributed by atoms with Gasteiger partial charge in [0.15, 0.2) is 4.96 Å². The highest BCUT2D eigenvalue weighted by Gasteiger charge is 2.08. The van der Waals surface area contributed by atoms with Gasteiger partial charge in [-0.1, -0.05) is 12.1 Å². The van der Waals surface area contributed by atoms with Gasteiger partial charge in [-0.3, -0.25) is 14.0 Å². The summed E-state index contributed by atoms with van der Waals surface area (Å²) in [5.41, 5.74) is 1.31. The summed E-state index contributed by atoms with van der Waals surface area (Å²) in [7, 11) is 1.61. The lowest BCUT2D eigenvalue weighted by atomic mass is 10.1. The van der Waals surface area contributed by atoms with Crippen LogP contribution in [0.2, 0.25) is 0 Å². The Labute approximate surface area is 142 Å². The van der Waals surface area contributed by atoms with Crippen molar-refractivity contribution in [2.24, 2.45) is 0 Å². The molecule has 0 aliphatic heterocycles. The molecule has 0 N–H and O–H groups in total. The number of aryl methyl sites for hydroxylation is 1. The second-order valence-electron chi connectivity index (χ2n) is 5.15. The van der Waals surface area contributed by atoms with Crippen LogP contribution in [0.4, 0.5) is 0 Å². The first-order valence-electron chi connectivity index (χ1n) is 7.40. The number of benzene rings is 1. The van der Waals surface area contributed by atoms with Gasteiger partial charge in [0.25, 0.3) is 5.56 Å². The predicted molar refractivity (Wildman–Crippen MR) is 90.5 cm³/mol. The predicted octanol–water partition coefficient (Wildman–Crippen LogP) is 2.44. The molecule has 7 heteroatoms. The van der Waals surface area contributed by atoms with Crippen molar-refractivity contribution in [3.63, 3.8) is 0 Å². The number of fused-ring (bicyclic) bond motifs is 1. The fourth-order valence-electron chi connectivity index (χ4n) is 2.23. The Morgan fingerprint density at radius 3 is 2.83 bits per heavy atom. The summed E-state index contributed by atoms with van der Waals surface area (Å²) >= 11 is 1.36. The minimum atomic E-state index is -0.320. The highest BCUT2D eigenvalue weighted by atomic mass is 32.1. The van der Waals surface area contributed by atoms with Crippen LogP contribution in [0.5, 0.6) is 5.75 Å². The Bertz CT molecular complexity index is 899. The normalized spacial score (nSPS) is 10.7. The van der Waals surface area contributed by atoms with Gasteiger partial charge in [-0.15, -0.1) is 11.3 Å². The fourth-order valence-corrected chi connectivity index (χ4v) is 2.97. The van der Waals surface area contributed by atoms with Crippen molar-refractivity contribution in [3.8, 4) is 5.75 Å². The quantitative estimate of drug-likeness (QED) is 0.643. The number of hydrogen-bond donors (Lipinski definition) is 0. The first kappa shape index (κ1) is 16.2. The van der Waals surface area contributed by atoms with E-state index in [2.05, 4.69) is 4.98 Å². The van der Waals surface area contributed by atoms with Crippen molar-refractivity contribution in [2.75, 3.05) is 7.11 Å². The van der Waals surface area contributed by atoms with Crippen LogP contribution in [0.3, 0.4) is 0 Å². The molecule has 0 atom stereocenters. The maximum absolute atomic E-state index is 11.9. The standard InChI is InChI=1S/C17H16N2O4S/c1-22-14-5-2-12(3-6-14)4-7-16(21)23-11-13-10-15(20)19-8-9-24-17(19)18-13/h2-3,5-6,8-10H,4,7,11H2,1H3. The second-order valence-corrected chi connectivity index (χ2v) is 6.02. The van der Waals surface area contributed by atoms with Crippen LogP contribution in [0, 0.1) is 0 Å². The Morgan fingerprint density at radius 1 is 1.29 bits per heavy atom. The monoisotopic (exact) mass is 344 g/mol. The highest BCUT2D eigenvalue weighted by molar-refractivity contribution is 7.15. The number of nitrogens with zero attached hydrogens (tertiary/aromatic N) is 2. The highest BCUT2D eigenvalue weighted by Crippen LogP contribution is 2.13. The molecule has 6 nitrogen and oxygen atoms in total. The largest absolute Gasteiger partial charge is 0.497 e. The third-order valence-corrected chi connectivity index (χ3v) is 4.27. The molecule has 3 rings (SSSR count). The van der Waals surface area contributed by atoms with Crippen LogP contribution in [-0.2, 0) is 22.6 Å². The van der Waals surface area contributed by atoms with Crippen molar-refractivity contribution in [3.05, 3.63) is 63.5 Å². The molecule has 0 saturated heterocycles. The number of esters is 1. The van der Waals surface area contributed by atoms with E-state index in [0.29, 0.717) is 17.1 Å². The number of rotatable bonds is 6. The van der Waals surface area contributed by atoms with Crippen LogP contribution in [-0.4, -0.2) is 22.5 Å². The molecule has 1 aromatic carbocycles. The van der Waals surface area contributed by atoms with Crippen molar-refractivity contribution in [2.45, 2.75) is 19.4 Å². The summed E-state index contributed by atoms with van der Waals surface area (Å²) < 4.78 is 11.8. The Kier molecular flexibility index (Phi) is 4.90. The number of hydrogen-bond acceptors (Lipinski definition) is 6. The van der Waals surface area contributed by atoms with Gasteiger partial charge in [-0.05, 0) is 24.1 Å². The molecule has 0 aliphatic carbocycles. The van der Waals surface area contributed by atoms with Gasteiger partial charge in [0.1, 0.15) is 12.4 Å². The first-order valence-corrected chi connectivity index (χ1v) is 8.28. The molecule has 0 unspecified atom stereocenters. The number of aromatic nitrogens is 2. The third kappa shape index (κ3) is 3.80. The minimum absolute atomic E-state index is 0.00505. The molecule has 0 spiro atoms. The Morgan fingerprint density at radius 2 is 2.08 bits per heavy atom. The van der Waals surface area contributed by atoms with Crippen LogP contribution in [0.1, 0.15) is 17.7 Å². The molecular weight excluding hydrogens is 328 g/mol. The van der Waals surface area contributed by atoms with Gasteiger partial charge in [-0.2, -0.15) is 0 Å². The Balaban J connectivity index is 1.53. The van der Waals surface area contributed by atoms with E-state index >= 15 is 0 Å². The molecule has 0 radical (unpaired) electrons. The van der Waals surface area contributed by atoms with Gasteiger partial charge < -0.3 is 9.47 Å². The van der Waals surface area contributed by atoms with E-state index in [4.69, 9.17) is 9.47 Å². The molecule has 0 saturated carbocycles. The summed E-state index contributed by atoms with van der Waals surface area (Å²) in [6.07, 6.45) is 2.52. The fraction of sp³-hybridized carbons (Fsp3) is 0.235. The summed E-state index contributed by atoms with van der Waals surface area (Å²) in [6.45, 7) is 0.00505. The maximum Gasteiger partial charge on any atom is 0.306 e.